The first kappa shape index (κ1) is 22.7. The van der Waals surface area contributed by atoms with Gasteiger partial charge in [0.05, 0.1) is 0 Å². The van der Waals surface area contributed by atoms with Crippen molar-refractivity contribution in [1.29, 1.82) is 0 Å². The van der Waals surface area contributed by atoms with Crippen LogP contribution in [-0.4, -0.2) is 25.4 Å². The van der Waals surface area contributed by atoms with Gasteiger partial charge >= 0.3 is 0 Å². The Bertz CT molecular complexity index is 747. The number of benzene rings is 2. The third kappa shape index (κ3) is 7.41. The Morgan fingerprint density at radius 2 is 1.63 bits per heavy atom. The van der Waals surface area contributed by atoms with E-state index in [1.807, 2.05) is 63.4 Å². The Morgan fingerprint density at radius 3 is 2.30 bits per heavy atom. The minimum Gasteiger partial charge on any atom is -0.352 e. The number of carbonyl (C=O) groups excluding carboxylic acids is 2. The largest absolute Gasteiger partial charge is 0.352 e. The second kappa shape index (κ2) is 11.4. The van der Waals surface area contributed by atoms with Gasteiger partial charge in [0.25, 0.3) is 5.91 Å². The van der Waals surface area contributed by atoms with Gasteiger partial charge in [0.15, 0.2) is 0 Å². The number of amides is 2. The molecule has 2 aromatic carbocycles. The Morgan fingerprint density at radius 1 is 0.963 bits per heavy atom. The van der Waals surface area contributed by atoms with Crippen molar-refractivity contribution in [2.45, 2.75) is 26.9 Å². The van der Waals surface area contributed by atoms with Crippen LogP contribution in [0.2, 0.25) is 0 Å². The molecule has 5 nitrogen and oxygen atoms in total. The first-order valence-corrected chi connectivity index (χ1v) is 8.84. The van der Waals surface area contributed by atoms with Crippen LogP contribution in [0.1, 0.15) is 34.0 Å². The third-order valence-corrected chi connectivity index (χ3v) is 4.19. The molecular weight excluding hydrogens is 362 g/mol. The zero-order valence-electron chi connectivity index (χ0n) is 16.0. The molecule has 0 aliphatic carbocycles. The van der Waals surface area contributed by atoms with E-state index in [4.69, 9.17) is 0 Å². The van der Waals surface area contributed by atoms with Gasteiger partial charge in [-0.05, 0) is 37.2 Å². The van der Waals surface area contributed by atoms with E-state index in [9.17, 15) is 9.59 Å². The van der Waals surface area contributed by atoms with Crippen molar-refractivity contribution in [3.8, 4) is 0 Å². The van der Waals surface area contributed by atoms with Crippen molar-refractivity contribution in [2.24, 2.45) is 5.92 Å². The summed E-state index contributed by atoms with van der Waals surface area (Å²) >= 11 is 0. The maximum atomic E-state index is 12.4. The highest BCUT2D eigenvalue weighted by atomic mass is 35.5. The maximum absolute atomic E-state index is 12.4. The topological polar surface area (TPSA) is 70.2 Å². The molecule has 0 aliphatic heterocycles. The first-order valence-electron chi connectivity index (χ1n) is 8.84. The van der Waals surface area contributed by atoms with Crippen LogP contribution in [-0.2, 0) is 17.9 Å². The van der Waals surface area contributed by atoms with E-state index in [1.54, 1.807) is 6.07 Å². The number of aryl methyl sites for hydroxylation is 1. The highest BCUT2D eigenvalue weighted by molar-refractivity contribution is 5.94. The maximum Gasteiger partial charge on any atom is 0.251 e. The molecule has 1 atom stereocenters. The monoisotopic (exact) mass is 389 g/mol. The fourth-order valence-corrected chi connectivity index (χ4v) is 2.58. The minimum absolute atomic E-state index is 0. The molecule has 0 radical (unpaired) electrons. The van der Waals surface area contributed by atoms with Crippen LogP contribution >= 0.6 is 12.4 Å². The number of hydrogen-bond donors (Lipinski definition) is 3. The lowest BCUT2D eigenvalue weighted by Crippen LogP contribution is -2.34. The fraction of sp³-hybridized carbons (Fsp3) is 0.333. The molecule has 3 N–H and O–H groups in total. The molecule has 6 heteroatoms. The summed E-state index contributed by atoms with van der Waals surface area (Å²) in [5.41, 5.74) is 3.75. The summed E-state index contributed by atoms with van der Waals surface area (Å²) in [6.45, 7) is 5.44. The van der Waals surface area contributed by atoms with Gasteiger partial charge in [-0.1, -0.05) is 48.9 Å². The van der Waals surface area contributed by atoms with E-state index in [2.05, 4.69) is 16.0 Å². The van der Waals surface area contributed by atoms with Crippen molar-refractivity contribution >= 4 is 24.2 Å². The molecule has 0 heterocycles. The predicted molar refractivity (Wildman–Crippen MR) is 111 cm³/mol. The van der Waals surface area contributed by atoms with Gasteiger partial charge in [-0.2, -0.15) is 0 Å². The molecule has 2 rings (SSSR count). The Balaban J connectivity index is 0.00000364. The summed E-state index contributed by atoms with van der Waals surface area (Å²) in [7, 11) is 1.82. The van der Waals surface area contributed by atoms with E-state index < -0.39 is 0 Å². The smallest absolute Gasteiger partial charge is 0.251 e. The Labute approximate surface area is 167 Å². The number of carbonyl (C=O) groups is 2. The zero-order valence-corrected chi connectivity index (χ0v) is 16.9. The average molecular weight is 390 g/mol. The molecular formula is C21H28ClN3O2. The van der Waals surface area contributed by atoms with Crippen LogP contribution in [0.5, 0.6) is 0 Å². The summed E-state index contributed by atoms with van der Waals surface area (Å²) in [6, 6.07) is 15.4. The summed E-state index contributed by atoms with van der Waals surface area (Å²) in [5, 5.41) is 8.82. The summed E-state index contributed by atoms with van der Waals surface area (Å²) in [4.78, 5) is 24.3. The van der Waals surface area contributed by atoms with Gasteiger partial charge in [-0.15, -0.1) is 12.4 Å². The molecule has 27 heavy (non-hydrogen) atoms. The lowest BCUT2D eigenvalue weighted by molar-refractivity contribution is -0.124. The lowest BCUT2D eigenvalue weighted by Gasteiger charge is -2.12. The molecule has 0 saturated carbocycles. The molecule has 0 aliphatic rings. The molecule has 146 valence electrons. The standard InChI is InChI=1S/C21H27N3O2.ClH/c1-15-7-9-17(10-8-15)13-24-21(26)19-6-4-5-18(11-19)14-23-20(25)16(2)12-22-3;/h4-11,16,22H,12-14H2,1-3H3,(H,23,25)(H,24,26);1H. The number of nitrogens with one attached hydrogen (secondary N) is 3. The van der Waals surface area contributed by atoms with E-state index >= 15 is 0 Å². The molecule has 0 saturated heterocycles. The summed E-state index contributed by atoms with van der Waals surface area (Å²) in [5.74, 6) is -0.225. The molecule has 2 amide bonds. The normalized spacial score (nSPS) is 11.2. The molecule has 0 fully saturated rings. The van der Waals surface area contributed by atoms with E-state index in [1.165, 1.54) is 5.56 Å². The van der Waals surface area contributed by atoms with Gasteiger partial charge in [-0.25, -0.2) is 0 Å². The van der Waals surface area contributed by atoms with Gasteiger partial charge in [0.1, 0.15) is 0 Å². The predicted octanol–water partition coefficient (Wildman–Crippen LogP) is 2.82. The van der Waals surface area contributed by atoms with Crippen molar-refractivity contribution in [3.05, 3.63) is 70.8 Å². The molecule has 0 spiro atoms. The van der Waals surface area contributed by atoms with E-state index in [0.29, 0.717) is 25.2 Å². The van der Waals surface area contributed by atoms with Crippen molar-refractivity contribution in [2.75, 3.05) is 13.6 Å². The van der Waals surface area contributed by atoms with Crippen molar-refractivity contribution in [3.63, 3.8) is 0 Å². The van der Waals surface area contributed by atoms with Gasteiger partial charge in [0.2, 0.25) is 5.91 Å². The number of rotatable bonds is 8. The minimum atomic E-state index is -0.123. The Kier molecular flexibility index (Phi) is 9.54. The molecule has 2 aromatic rings. The van der Waals surface area contributed by atoms with Crippen LogP contribution in [0.4, 0.5) is 0 Å². The Hall–Kier alpha value is -2.37. The first-order chi connectivity index (χ1) is 12.5. The second-order valence-electron chi connectivity index (χ2n) is 6.55. The van der Waals surface area contributed by atoms with Crippen molar-refractivity contribution < 1.29 is 9.59 Å². The van der Waals surface area contributed by atoms with Crippen LogP contribution < -0.4 is 16.0 Å². The number of hydrogen-bond acceptors (Lipinski definition) is 3. The summed E-state index contributed by atoms with van der Waals surface area (Å²) in [6.07, 6.45) is 0. The van der Waals surface area contributed by atoms with E-state index in [0.717, 1.165) is 11.1 Å². The van der Waals surface area contributed by atoms with Crippen LogP contribution in [0.25, 0.3) is 0 Å². The third-order valence-electron chi connectivity index (χ3n) is 4.19. The number of halogens is 1. The lowest BCUT2D eigenvalue weighted by atomic mass is 10.1. The van der Waals surface area contributed by atoms with Gasteiger partial charge in [0, 0.05) is 31.1 Å². The molecule has 0 bridgehead atoms. The van der Waals surface area contributed by atoms with Crippen LogP contribution in [0.15, 0.2) is 48.5 Å². The highest BCUT2D eigenvalue weighted by Crippen LogP contribution is 2.07. The summed E-state index contributed by atoms with van der Waals surface area (Å²) < 4.78 is 0. The highest BCUT2D eigenvalue weighted by Gasteiger charge is 2.12. The quantitative estimate of drug-likeness (QED) is 0.650. The van der Waals surface area contributed by atoms with Crippen LogP contribution in [0, 0.1) is 12.8 Å². The molecule has 0 aromatic heterocycles. The van der Waals surface area contributed by atoms with Crippen molar-refractivity contribution in [1.82, 2.24) is 16.0 Å². The zero-order chi connectivity index (χ0) is 18.9. The average Bonchev–Trinajstić information content (AvgIpc) is 2.65. The van der Waals surface area contributed by atoms with Crippen LogP contribution in [0.3, 0.4) is 0 Å². The van der Waals surface area contributed by atoms with E-state index in [-0.39, 0.29) is 30.1 Å². The van der Waals surface area contributed by atoms with Gasteiger partial charge in [-0.3, -0.25) is 9.59 Å². The fourth-order valence-electron chi connectivity index (χ4n) is 2.58. The SMILES string of the molecule is CNCC(C)C(=O)NCc1cccc(C(=O)NCc2ccc(C)cc2)c1.Cl. The second-order valence-corrected chi connectivity index (χ2v) is 6.55. The van der Waals surface area contributed by atoms with Gasteiger partial charge < -0.3 is 16.0 Å². The molecule has 1 unspecified atom stereocenters.